The predicted molar refractivity (Wildman–Crippen MR) is 108 cm³/mol. The van der Waals surface area contributed by atoms with Crippen molar-refractivity contribution in [1.29, 1.82) is 0 Å². The quantitative estimate of drug-likeness (QED) is 0.810. The van der Waals surface area contributed by atoms with E-state index in [1.54, 1.807) is 41.3 Å². The first kappa shape index (κ1) is 18.9. The van der Waals surface area contributed by atoms with E-state index in [4.69, 9.17) is 14.2 Å². The summed E-state index contributed by atoms with van der Waals surface area (Å²) in [6, 6.07) is 11.9. The number of hydrogen-bond donors (Lipinski definition) is 2. The molecule has 0 bridgehead atoms. The molecule has 4 rings (SSSR count). The van der Waals surface area contributed by atoms with Crippen molar-refractivity contribution in [3.8, 4) is 17.2 Å². The second-order valence-electron chi connectivity index (χ2n) is 6.79. The van der Waals surface area contributed by atoms with Gasteiger partial charge in [0.2, 0.25) is 5.91 Å². The maximum Gasteiger partial charge on any atom is 0.319 e. The average molecular weight is 397 g/mol. The number of rotatable bonds is 5. The standard InChI is InChI=1S/C21H23N3O5/c1-2-27-17-6-3-14(4-7-17)22-21(26)23-15-11-20(25)24(13-15)16-5-8-18-19(12-16)29-10-9-28-18/h3-8,12,15H,2,9-11,13H2,1H3,(H2,22,23,26)/t15-/m0/s1. The molecule has 0 unspecified atom stereocenters. The summed E-state index contributed by atoms with van der Waals surface area (Å²) in [4.78, 5) is 26.4. The third-order valence-electron chi connectivity index (χ3n) is 4.72. The van der Waals surface area contributed by atoms with Gasteiger partial charge in [-0.2, -0.15) is 0 Å². The molecule has 2 N–H and O–H groups in total. The van der Waals surface area contributed by atoms with Crippen molar-refractivity contribution in [3.05, 3.63) is 42.5 Å². The zero-order valence-corrected chi connectivity index (χ0v) is 16.1. The van der Waals surface area contributed by atoms with E-state index >= 15 is 0 Å². The van der Waals surface area contributed by atoms with Crippen LogP contribution in [0.2, 0.25) is 0 Å². The van der Waals surface area contributed by atoms with E-state index in [0.29, 0.717) is 43.6 Å². The van der Waals surface area contributed by atoms with Gasteiger partial charge in [0.15, 0.2) is 11.5 Å². The molecule has 2 aromatic carbocycles. The molecular formula is C21H23N3O5. The Kier molecular flexibility index (Phi) is 5.41. The van der Waals surface area contributed by atoms with Crippen molar-refractivity contribution in [2.24, 2.45) is 0 Å². The monoisotopic (exact) mass is 397 g/mol. The van der Waals surface area contributed by atoms with E-state index in [2.05, 4.69) is 10.6 Å². The maximum atomic E-state index is 12.5. The van der Waals surface area contributed by atoms with Crippen LogP contribution in [0.25, 0.3) is 0 Å². The molecule has 1 atom stereocenters. The lowest BCUT2D eigenvalue weighted by Crippen LogP contribution is -2.39. The number of hydrogen-bond acceptors (Lipinski definition) is 5. The molecule has 2 aliphatic rings. The van der Waals surface area contributed by atoms with Crippen LogP contribution in [0.3, 0.4) is 0 Å². The first-order chi connectivity index (χ1) is 14.1. The number of anilines is 2. The SMILES string of the molecule is CCOc1ccc(NC(=O)N[C@H]2CC(=O)N(c3ccc4c(c3)OCCO4)C2)cc1. The van der Waals surface area contributed by atoms with E-state index in [0.717, 1.165) is 11.4 Å². The minimum absolute atomic E-state index is 0.0481. The summed E-state index contributed by atoms with van der Waals surface area (Å²) in [5.74, 6) is 2.00. The summed E-state index contributed by atoms with van der Waals surface area (Å²) in [5.41, 5.74) is 1.38. The number of benzene rings is 2. The Morgan fingerprint density at radius 2 is 1.90 bits per heavy atom. The maximum absolute atomic E-state index is 12.5. The first-order valence-electron chi connectivity index (χ1n) is 9.63. The zero-order valence-electron chi connectivity index (χ0n) is 16.1. The fourth-order valence-electron chi connectivity index (χ4n) is 3.41. The van der Waals surface area contributed by atoms with Crippen molar-refractivity contribution >= 4 is 23.3 Å². The molecule has 29 heavy (non-hydrogen) atoms. The predicted octanol–water partition coefficient (Wildman–Crippen LogP) is 2.78. The minimum atomic E-state index is -0.351. The molecule has 0 aromatic heterocycles. The van der Waals surface area contributed by atoms with Crippen molar-refractivity contribution in [3.63, 3.8) is 0 Å². The van der Waals surface area contributed by atoms with Crippen molar-refractivity contribution in [1.82, 2.24) is 5.32 Å². The van der Waals surface area contributed by atoms with E-state index in [-0.39, 0.29) is 24.4 Å². The highest BCUT2D eigenvalue weighted by Gasteiger charge is 2.32. The first-order valence-corrected chi connectivity index (χ1v) is 9.63. The third-order valence-corrected chi connectivity index (χ3v) is 4.72. The number of nitrogens with one attached hydrogen (secondary N) is 2. The van der Waals surface area contributed by atoms with Gasteiger partial charge in [-0.1, -0.05) is 0 Å². The molecule has 3 amide bonds. The molecule has 8 nitrogen and oxygen atoms in total. The van der Waals surface area contributed by atoms with Gasteiger partial charge >= 0.3 is 6.03 Å². The number of urea groups is 1. The van der Waals surface area contributed by atoms with Crippen LogP contribution in [0.15, 0.2) is 42.5 Å². The van der Waals surface area contributed by atoms with Gasteiger partial charge in [-0.3, -0.25) is 4.79 Å². The lowest BCUT2D eigenvalue weighted by Gasteiger charge is -2.22. The van der Waals surface area contributed by atoms with Gasteiger partial charge in [0, 0.05) is 30.4 Å². The Balaban J connectivity index is 1.35. The lowest BCUT2D eigenvalue weighted by molar-refractivity contribution is -0.117. The van der Waals surface area contributed by atoms with Gasteiger partial charge in [0.1, 0.15) is 19.0 Å². The second kappa shape index (κ2) is 8.30. The van der Waals surface area contributed by atoms with Crippen molar-refractivity contribution in [2.75, 3.05) is 36.6 Å². The number of amides is 3. The summed E-state index contributed by atoms with van der Waals surface area (Å²) < 4.78 is 16.5. The Morgan fingerprint density at radius 3 is 2.66 bits per heavy atom. The molecule has 0 spiro atoms. The van der Waals surface area contributed by atoms with Crippen molar-refractivity contribution in [2.45, 2.75) is 19.4 Å². The van der Waals surface area contributed by atoms with E-state index < -0.39 is 0 Å². The summed E-state index contributed by atoms with van der Waals surface area (Å²) in [6.45, 7) is 3.90. The smallest absolute Gasteiger partial charge is 0.319 e. The van der Waals surface area contributed by atoms with Crippen LogP contribution < -0.4 is 29.7 Å². The zero-order chi connectivity index (χ0) is 20.2. The molecule has 0 radical (unpaired) electrons. The normalized spacial score (nSPS) is 17.8. The highest BCUT2D eigenvalue weighted by Crippen LogP contribution is 2.35. The summed E-state index contributed by atoms with van der Waals surface area (Å²) in [5, 5.41) is 5.64. The lowest BCUT2D eigenvalue weighted by atomic mass is 10.2. The molecular weight excluding hydrogens is 374 g/mol. The molecule has 1 fully saturated rings. The van der Waals surface area contributed by atoms with Gasteiger partial charge in [-0.05, 0) is 43.3 Å². The van der Waals surface area contributed by atoms with Crippen LogP contribution in [0.4, 0.5) is 16.2 Å². The third kappa shape index (κ3) is 4.37. The Bertz CT molecular complexity index is 900. The molecule has 0 aliphatic carbocycles. The number of carbonyl (C=O) groups excluding carboxylic acids is 2. The molecule has 2 aromatic rings. The largest absolute Gasteiger partial charge is 0.494 e. The van der Waals surface area contributed by atoms with Crippen LogP contribution >= 0.6 is 0 Å². The van der Waals surface area contributed by atoms with Crippen LogP contribution in [0.5, 0.6) is 17.2 Å². The number of fused-ring (bicyclic) bond motifs is 1. The van der Waals surface area contributed by atoms with Crippen LogP contribution in [0, 0.1) is 0 Å². The van der Waals surface area contributed by atoms with E-state index in [1.165, 1.54) is 0 Å². The topological polar surface area (TPSA) is 89.1 Å². The van der Waals surface area contributed by atoms with E-state index in [1.807, 2.05) is 13.0 Å². The molecule has 2 heterocycles. The van der Waals surface area contributed by atoms with Crippen LogP contribution in [0.1, 0.15) is 13.3 Å². The second-order valence-corrected chi connectivity index (χ2v) is 6.79. The molecule has 8 heteroatoms. The highest BCUT2D eigenvalue weighted by molar-refractivity contribution is 5.98. The van der Waals surface area contributed by atoms with Crippen LogP contribution in [-0.2, 0) is 4.79 Å². The van der Waals surface area contributed by atoms with Gasteiger partial charge in [0.05, 0.1) is 12.6 Å². The number of nitrogens with zero attached hydrogens (tertiary/aromatic N) is 1. The van der Waals surface area contributed by atoms with Crippen molar-refractivity contribution < 1.29 is 23.8 Å². The number of ether oxygens (including phenoxy) is 3. The molecule has 0 saturated carbocycles. The molecule has 152 valence electrons. The van der Waals surface area contributed by atoms with Gasteiger partial charge in [0.25, 0.3) is 0 Å². The minimum Gasteiger partial charge on any atom is -0.494 e. The average Bonchev–Trinajstić information content (AvgIpc) is 3.09. The fraction of sp³-hybridized carbons (Fsp3) is 0.333. The Morgan fingerprint density at radius 1 is 1.14 bits per heavy atom. The fourth-order valence-corrected chi connectivity index (χ4v) is 3.41. The highest BCUT2D eigenvalue weighted by atomic mass is 16.6. The summed E-state index contributed by atoms with van der Waals surface area (Å²) in [6.07, 6.45) is 0.241. The van der Waals surface area contributed by atoms with E-state index in [9.17, 15) is 9.59 Å². The van der Waals surface area contributed by atoms with Crippen LogP contribution in [-0.4, -0.2) is 44.3 Å². The Hall–Kier alpha value is -3.42. The number of carbonyl (C=O) groups is 2. The Labute approximate surface area is 168 Å². The van der Waals surface area contributed by atoms with Gasteiger partial charge in [-0.25, -0.2) is 4.79 Å². The molecule has 1 saturated heterocycles. The summed E-state index contributed by atoms with van der Waals surface area (Å²) >= 11 is 0. The molecule has 2 aliphatic heterocycles. The van der Waals surface area contributed by atoms with Gasteiger partial charge < -0.3 is 29.7 Å². The van der Waals surface area contributed by atoms with Gasteiger partial charge in [-0.15, -0.1) is 0 Å². The summed E-state index contributed by atoms with van der Waals surface area (Å²) in [7, 11) is 0.